The number of hydrogen-bond acceptors (Lipinski definition) is 2. The van der Waals surface area contributed by atoms with Gasteiger partial charge in [-0.15, -0.1) is 0 Å². The summed E-state index contributed by atoms with van der Waals surface area (Å²) < 4.78 is 0. The molecule has 280 valence electrons. The van der Waals surface area contributed by atoms with Gasteiger partial charge in [0.15, 0.2) is 0 Å². The average Bonchev–Trinajstić information content (AvgIpc) is 3.98. The fourth-order valence-corrected chi connectivity index (χ4v) is 12.0. The lowest BCUT2D eigenvalue weighted by molar-refractivity contribution is 0.320. The van der Waals surface area contributed by atoms with E-state index in [-0.39, 0.29) is 10.8 Å². The van der Waals surface area contributed by atoms with Gasteiger partial charge in [0.1, 0.15) is 0 Å². The first kappa shape index (κ1) is 34.4. The molecule has 4 aliphatic carbocycles. The van der Waals surface area contributed by atoms with Gasteiger partial charge in [0, 0.05) is 44.8 Å². The molecule has 3 saturated carbocycles. The van der Waals surface area contributed by atoms with Crippen LogP contribution in [0, 0.1) is 11.8 Å². The van der Waals surface area contributed by atoms with Crippen LogP contribution in [0.5, 0.6) is 0 Å². The van der Waals surface area contributed by atoms with Crippen LogP contribution in [0.3, 0.4) is 0 Å². The Bertz CT molecular complexity index is 2460. The Morgan fingerprint density at radius 1 is 0.421 bits per heavy atom. The average molecular weight is 739 g/mol. The van der Waals surface area contributed by atoms with E-state index >= 15 is 0 Å². The lowest BCUT2D eigenvalue weighted by Gasteiger charge is -2.40. The summed E-state index contributed by atoms with van der Waals surface area (Å²) in [5.74, 6) is 1.45. The van der Waals surface area contributed by atoms with Gasteiger partial charge in [0.05, 0.1) is 5.69 Å². The largest absolute Gasteiger partial charge is 0.311 e. The van der Waals surface area contributed by atoms with Crippen molar-refractivity contribution in [3.05, 3.63) is 204 Å². The van der Waals surface area contributed by atoms with E-state index in [9.17, 15) is 0 Å². The van der Waals surface area contributed by atoms with Crippen LogP contribution in [0.4, 0.5) is 34.1 Å². The Hall–Kier alpha value is -5.86. The molecule has 0 saturated heterocycles. The van der Waals surface area contributed by atoms with Crippen LogP contribution in [0.25, 0.3) is 11.1 Å². The molecule has 7 aromatic carbocycles. The van der Waals surface area contributed by atoms with Crippen LogP contribution in [0.1, 0.15) is 80.0 Å². The maximum Gasteiger partial charge on any atom is 0.0543 e. The van der Waals surface area contributed by atoms with E-state index in [2.05, 4.69) is 192 Å². The minimum atomic E-state index is 0.0160. The Morgan fingerprint density at radius 3 is 1.49 bits per heavy atom. The molecule has 1 spiro atoms. The molecule has 7 aromatic rings. The van der Waals surface area contributed by atoms with Gasteiger partial charge in [0.2, 0.25) is 0 Å². The lowest BCUT2D eigenvalue weighted by atomic mass is 9.64. The highest BCUT2D eigenvalue weighted by Crippen LogP contribution is 2.61. The topological polar surface area (TPSA) is 6.48 Å². The van der Waals surface area contributed by atoms with Gasteiger partial charge in [-0.1, -0.05) is 141 Å². The molecule has 4 aliphatic rings. The van der Waals surface area contributed by atoms with Crippen molar-refractivity contribution in [1.29, 1.82) is 0 Å². The molecule has 3 atom stereocenters. The molecule has 11 rings (SSSR count). The van der Waals surface area contributed by atoms with E-state index in [0.29, 0.717) is 5.92 Å². The van der Waals surface area contributed by atoms with E-state index < -0.39 is 0 Å². The van der Waals surface area contributed by atoms with Crippen molar-refractivity contribution in [3.8, 4) is 11.1 Å². The summed E-state index contributed by atoms with van der Waals surface area (Å²) in [5, 5.41) is 0. The van der Waals surface area contributed by atoms with Crippen molar-refractivity contribution in [2.75, 3.05) is 9.80 Å². The van der Waals surface area contributed by atoms with Crippen LogP contribution in [-0.2, 0) is 10.8 Å². The van der Waals surface area contributed by atoms with E-state index in [1.54, 1.807) is 0 Å². The zero-order chi connectivity index (χ0) is 37.8. The Balaban J connectivity index is 1.00. The van der Waals surface area contributed by atoms with Gasteiger partial charge < -0.3 is 9.80 Å². The molecule has 2 nitrogen and oxygen atoms in total. The van der Waals surface area contributed by atoms with Gasteiger partial charge in [-0.3, -0.25) is 0 Å². The lowest BCUT2D eigenvalue weighted by Crippen LogP contribution is -2.34. The number of anilines is 6. The molecule has 3 fully saturated rings. The predicted molar refractivity (Wildman–Crippen MR) is 238 cm³/mol. The highest BCUT2D eigenvalue weighted by atomic mass is 15.1. The Labute approximate surface area is 338 Å². The van der Waals surface area contributed by atoms with Crippen molar-refractivity contribution in [3.63, 3.8) is 0 Å². The third-order valence-electron chi connectivity index (χ3n) is 14.4. The van der Waals surface area contributed by atoms with Gasteiger partial charge in [-0.25, -0.2) is 0 Å². The number of rotatable bonds is 8. The normalized spacial score (nSPS) is 21.3. The third kappa shape index (κ3) is 5.52. The third-order valence-corrected chi connectivity index (χ3v) is 14.4. The van der Waals surface area contributed by atoms with Crippen molar-refractivity contribution >= 4 is 34.1 Å². The monoisotopic (exact) mass is 738 g/mol. The Morgan fingerprint density at radius 2 is 0.930 bits per heavy atom. The van der Waals surface area contributed by atoms with Crippen molar-refractivity contribution in [2.45, 2.75) is 68.6 Å². The summed E-state index contributed by atoms with van der Waals surface area (Å²) in [5.41, 5.74) is 16.2. The summed E-state index contributed by atoms with van der Waals surface area (Å²) in [4.78, 5) is 4.91. The summed E-state index contributed by atoms with van der Waals surface area (Å²) >= 11 is 0. The first-order valence-electron chi connectivity index (χ1n) is 21.4. The van der Waals surface area contributed by atoms with Gasteiger partial charge in [-0.05, 0) is 138 Å². The second-order valence-electron chi connectivity index (χ2n) is 17.2. The fraction of sp³-hybridized carbons (Fsp3) is 0.236. The number of benzene rings is 7. The standard InChI is InChI=1S/C55H50N2/c1-5-16-44(17-6-1)56(45-18-7-2-8-19-45)47-32-28-41(29-33-47)55(39-40-26-27-43(55)38-40)42-30-34-48(35-31-42)57(46-20-9-3-10-21-46)52-25-15-24-51-53(52)49-22-11-12-23-50(49)54(51)36-13-4-14-37-54/h1-3,5-12,15-25,28-35,40,43H,4,13-14,26-27,36-39H2. The van der Waals surface area contributed by atoms with Crippen LogP contribution < -0.4 is 9.80 Å². The summed E-state index contributed by atoms with van der Waals surface area (Å²) in [6, 6.07) is 68.5. The molecule has 2 bridgehead atoms. The first-order chi connectivity index (χ1) is 28.2. The highest BCUT2D eigenvalue weighted by Gasteiger charge is 2.53. The SMILES string of the molecule is c1ccc(N(c2ccccc2)c2ccc(C3(c4ccc(N(c5ccccc5)c5cccc6c5-c5ccccc5C65CCCCC5)cc4)CC4CCC3C4)cc2)cc1. The number of nitrogens with zero attached hydrogens (tertiary/aromatic N) is 2. The minimum Gasteiger partial charge on any atom is -0.311 e. The maximum absolute atomic E-state index is 2.53. The molecule has 0 N–H and O–H groups in total. The smallest absolute Gasteiger partial charge is 0.0543 e. The molecule has 0 aromatic heterocycles. The first-order valence-corrected chi connectivity index (χ1v) is 21.4. The second-order valence-corrected chi connectivity index (χ2v) is 17.2. The zero-order valence-electron chi connectivity index (χ0n) is 32.7. The van der Waals surface area contributed by atoms with Crippen LogP contribution in [0.2, 0.25) is 0 Å². The van der Waals surface area contributed by atoms with Gasteiger partial charge in [0.25, 0.3) is 0 Å². The fourth-order valence-electron chi connectivity index (χ4n) is 12.0. The molecule has 3 unspecified atom stereocenters. The number of para-hydroxylation sites is 3. The Kier molecular flexibility index (Phi) is 8.42. The predicted octanol–water partition coefficient (Wildman–Crippen LogP) is 15.0. The van der Waals surface area contributed by atoms with E-state index in [0.717, 1.165) is 5.92 Å². The highest BCUT2D eigenvalue weighted by molar-refractivity contribution is 5.95. The van der Waals surface area contributed by atoms with E-state index in [1.807, 2.05) is 0 Å². The second kappa shape index (κ2) is 14.0. The number of fused-ring (bicyclic) bond motifs is 7. The van der Waals surface area contributed by atoms with E-state index in [4.69, 9.17) is 0 Å². The molecule has 0 aliphatic heterocycles. The summed E-state index contributed by atoms with van der Waals surface area (Å²) in [6.45, 7) is 0. The van der Waals surface area contributed by atoms with Crippen LogP contribution in [-0.4, -0.2) is 0 Å². The molecular weight excluding hydrogens is 689 g/mol. The summed E-state index contributed by atoms with van der Waals surface area (Å²) in [6.07, 6.45) is 11.6. The summed E-state index contributed by atoms with van der Waals surface area (Å²) in [7, 11) is 0. The quantitative estimate of drug-likeness (QED) is 0.153. The molecule has 0 heterocycles. The van der Waals surface area contributed by atoms with Crippen molar-refractivity contribution in [2.24, 2.45) is 11.8 Å². The van der Waals surface area contributed by atoms with Crippen LogP contribution >= 0.6 is 0 Å². The van der Waals surface area contributed by atoms with Crippen molar-refractivity contribution in [1.82, 2.24) is 0 Å². The van der Waals surface area contributed by atoms with Crippen LogP contribution in [0.15, 0.2) is 182 Å². The van der Waals surface area contributed by atoms with E-state index in [1.165, 1.54) is 125 Å². The molecular formula is C55H50N2. The molecule has 2 heteroatoms. The van der Waals surface area contributed by atoms with Gasteiger partial charge in [-0.2, -0.15) is 0 Å². The molecule has 0 amide bonds. The van der Waals surface area contributed by atoms with Crippen molar-refractivity contribution < 1.29 is 0 Å². The van der Waals surface area contributed by atoms with Gasteiger partial charge >= 0.3 is 0 Å². The number of hydrogen-bond donors (Lipinski definition) is 0. The molecule has 57 heavy (non-hydrogen) atoms. The maximum atomic E-state index is 2.53. The zero-order valence-corrected chi connectivity index (χ0v) is 32.7. The minimum absolute atomic E-state index is 0.0160. The molecule has 0 radical (unpaired) electrons.